The lowest BCUT2D eigenvalue weighted by atomic mass is 10.2. The fourth-order valence-electron chi connectivity index (χ4n) is 3.23. The van der Waals surface area contributed by atoms with Crippen LogP contribution in [0.25, 0.3) is 11.0 Å². The Labute approximate surface area is 146 Å². The molecule has 0 radical (unpaired) electrons. The number of hydrogen-bond acceptors (Lipinski definition) is 4. The number of fused-ring (bicyclic) bond motifs is 1. The van der Waals surface area contributed by atoms with E-state index in [2.05, 4.69) is 10.2 Å². The van der Waals surface area contributed by atoms with Gasteiger partial charge in [-0.05, 0) is 49.2 Å². The Hall–Kier alpha value is -2.95. The summed E-state index contributed by atoms with van der Waals surface area (Å²) in [5, 5.41) is 3.72. The molecule has 1 N–H and O–H groups in total. The van der Waals surface area contributed by atoms with Crippen molar-refractivity contribution in [1.29, 1.82) is 0 Å². The fraction of sp³-hybridized carbons (Fsp3) is 0.250. The molecule has 0 aliphatic carbocycles. The summed E-state index contributed by atoms with van der Waals surface area (Å²) in [6, 6.07) is 15.2. The molecule has 0 spiro atoms. The van der Waals surface area contributed by atoms with Crippen molar-refractivity contribution >= 4 is 28.3 Å². The summed E-state index contributed by atoms with van der Waals surface area (Å²) in [5.74, 6) is 0.613. The number of hydrogen-bond donors (Lipinski definition) is 1. The molecule has 0 atom stereocenters. The van der Waals surface area contributed by atoms with E-state index in [4.69, 9.17) is 9.15 Å². The normalized spacial score (nSPS) is 14.0. The van der Waals surface area contributed by atoms with E-state index in [1.165, 1.54) is 18.5 Å². The molecular formula is C20H20N2O3. The minimum atomic E-state index is -0.271. The number of nitrogens with zero attached hydrogens (tertiary/aromatic N) is 1. The molecular weight excluding hydrogens is 316 g/mol. The van der Waals surface area contributed by atoms with Gasteiger partial charge < -0.3 is 19.4 Å². The SMILES string of the molecule is COc1cccc2cc(C(=O)Nc3ccc(N4CCCC4)cc3)oc12. The van der Waals surface area contributed by atoms with Crippen molar-refractivity contribution in [2.45, 2.75) is 12.8 Å². The summed E-state index contributed by atoms with van der Waals surface area (Å²) in [4.78, 5) is 14.8. The van der Waals surface area contributed by atoms with Crippen molar-refractivity contribution in [3.63, 3.8) is 0 Å². The molecule has 2 heterocycles. The smallest absolute Gasteiger partial charge is 0.291 e. The maximum absolute atomic E-state index is 12.5. The molecule has 25 heavy (non-hydrogen) atoms. The number of carbonyl (C=O) groups excluding carboxylic acids is 1. The van der Waals surface area contributed by atoms with Crippen molar-refractivity contribution in [2.75, 3.05) is 30.4 Å². The number of rotatable bonds is 4. The van der Waals surface area contributed by atoms with E-state index in [9.17, 15) is 4.79 Å². The third-order valence-electron chi connectivity index (χ3n) is 4.55. The molecule has 1 aromatic heterocycles. The summed E-state index contributed by atoms with van der Waals surface area (Å²) in [5.41, 5.74) is 2.53. The number of amides is 1. The van der Waals surface area contributed by atoms with Gasteiger partial charge >= 0.3 is 0 Å². The van der Waals surface area contributed by atoms with Gasteiger partial charge in [-0.3, -0.25) is 4.79 Å². The first kappa shape index (κ1) is 15.6. The van der Waals surface area contributed by atoms with Crippen LogP contribution in [-0.4, -0.2) is 26.1 Å². The number of anilines is 2. The van der Waals surface area contributed by atoms with Gasteiger partial charge in [0.05, 0.1) is 7.11 Å². The van der Waals surface area contributed by atoms with Gasteiger partial charge in [0, 0.05) is 29.9 Å². The van der Waals surface area contributed by atoms with E-state index >= 15 is 0 Å². The van der Waals surface area contributed by atoms with Crippen LogP contribution in [0.15, 0.2) is 52.9 Å². The molecule has 4 rings (SSSR count). The van der Waals surface area contributed by atoms with Gasteiger partial charge in [-0.15, -0.1) is 0 Å². The molecule has 5 nitrogen and oxygen atoms in total. The van der Waals surface area contributed by atoms with Crippen LogP contribution >= 0.6 is 0 Å². The summed E-state index contributed by atoms with van der Waals surface area (Å²) in [6.45, 7) is 2.21. The van der Waals surface area contributed by atoms with Gasteiger partial charge in [0.2, 0.25) is 0 Å². The number of para-hydroxylation sites is 1. The monoisotopic (exact) mass is 336 g/mol. The Morgan fingerprint density at radius 2 is 1.88 bits per heavy atom. The van der Waals surface area contributed by atoms with Crippen molar-refractivity contribution < 1.29 is 13.9 Å². The number of benzene rings is 2. The van der Waals surface area contributed by atoms with Gasteiger partial charge in [-0.25, -0.2) is 0 Å². The Morgan fingerprint density at radius 1 is 1.12 bits per heavy atom. The summed E-state index contributed by atoms with van der Waals surface area (Å²) in [6.07, 6.45) is 2.49. The molecule has 3 aromatic rings. The largest absolute Gasteiger partial charge is 0.493 e. The van der Waals surface area contributed by atoms with Crippen LogP contribution in [0.1, 0.15) is 23.4 Å². The Morgan fingerprint density at radius 3 is 2.60 bits per heavy atom. The van der Waals surface area contributed by atoms with Gasteiger partial charge in [-0.1, -0.05) is 12.1 Å². The predicted octanol–water partition coefficient (Wildman–Crippen LogP) is 4.29. The van der Waals surface area contributed by atoms with Crippen LogP contribution in [-0.2, 0) is 0 Å². The second kappa shape index (κ2) is 6.51. The van der Waals surface area contributed by atoms with Crippen LogP contribution in [0.4, 0.5) is 11.4 Å². The highest BCUT2D eigenvalue weighted by Crippen LogP contribution is 2.29. The average Bonchev–Trinajstić information content (AvgIpc) is 3.31. The highest BCUT2D eigenvalue weighted by atomic mass is 16.5. The zero-order valence-electron chi connectivity index (χ0n) is 14.1. The van der Waals surface area contributed by atoms with Crippen molar-refractivity contribution in [1.82, 2.24) is 0 Å². The van der Waals surface area contributed by atoms with Gasteiger partial charge in [0.15, 0.2) is 17.1 Å². The average molecular weight is 336 g/mol. The predicted molar refractivity (Wildman–Crippen MR) is 98.6 cm³/mol. The first-order valence-corrected chi connectivity index (χ1v) is 8.47. The van der Waals surface area contributed by atoms with E-state index in [-0.39, 0.29) is 11.7 Å². The number of carbonyl (C=O) groups is 1. The highest BCUT2D eigenvalue weighted by Gasteiger charge is 2.16. The standard InChI is InChI=1S/C20H20N2O3/c1-24-17-6-4-5-14-13-18(25-19(14)17)20(23)21-15-7-9-16(10-8-15)22-11-2-3-12-22/h4-10,13H,2-3,11-12H2,1H3,(H,21,23). The van der Waals surface area contributed by atoms with Crippen molar-refractivity contribution in [3.05, 3.63) is 54.3 Å². The van der Waals surface area contributed by atoms with Crippen LogP contribution < -0.4 is 15.0 Å². The number of methoxy groups -OCH3 is 1. The quantitative estimate of drug-likeness (QED) is 0.772. The van der Waals surface area contributed by atoms with E-state index in [1.807, 2.05) is 42.5 Å². The highest BCUT2D eigenvalue weighted by molar-refractivity contribution is 6.05. The van der Waals surface area contributed by atoms with Crippen LogP contribution in [0.5, 0.6) is 5.75 Å². The lowest BCUT2D eigenvalue weighted by Gasteiger charge is -2.17. The maximum Gasteiger partial charge on any atom is 0.291 e. The van der Waals surface area contributed by atoms with Crippen LogP contribution in [0.2, 0.25) is 0 Å². The first-order chi connectivity index (χ1) is 12.2. The lowest BCUT2D eigenvalue weighted by molar-refractivity contribution is 0.0998. The molecule has 5 heteroatoms. The molecule has 1 saturated heterocycles. The Balaban J connectivity index is 1.51. The second-order valence-corrected chi connectivity index (χ2v) is 6.18. The molecule has 0 bridgehead atoms. The molecule has 1 fully saturated rings. The number of ether oxygens (including phenoxy) is 1. The van der Waals surface area contributed by atoms with E-state index in [0.717, 1.165) is 24.2 Å². The molecule has 0 unspecified atom stereocenters. The maximum atomic E-state index is 12.5. The van der Waals surface area contributed by atoms with Crippen LogP contribution in [0, 0.1) is 0 Å². The topological polar surface area (TPSA) is 54.7 Å². The van der Waals surface area contributed by atoms with Crippen LogP contribution in [0.3, 0.4) is 0 Å². The molecule has 1 aliphatic rings. The van der Waals surface area contributed by atoms with Gasteiger partial charge in [0.25, 0.3) is 5.91 Å². The van der Waals surface area contributed by atoms with Crippen molar-refractivity contribution in [2.24, 2.45) is 0 Å². The molecule has 128 valence electrons. The summed E-state index contributed by atoms with van der Waals surface area (Å²) in [7, 11) is 1.58. The van der Waals surface area contributed by atoms with E-state index in [1.54, 1.807) is 13.2 Å². The minimum Gasteiger partial charge on any atom is -0.493 e. The molecule has 1 aliphatic heterocycles. The van der Waals surface area contributed by atoms with Gasteiger partial charge in [0.1, 0.15) is 0 Å². The van der Waals surface area contributed by atoms with E-state index < -0.39 is 0 Å². The number of furan rings is 1. The fourth-order valence-corrected chi connectivity index (χ4v) is 3.23. The van der Waals surface area contributed by atoms with E-state index in [0.29, 0.717) is 11.3 Å². The number of nitrogens with one attached hydrogen (secondary N) is 1. The lowest BCUT2D eigenvalue weighted by Crippen LogP contribution is -2.17. The van der Waals surface area contributed by atoms with Gasteiger partial charge in [-0.2, -0.15) is 0 Å². The zero-order chi connectivity index (χ0) is 17.2. The summed E-state index contributed by atoms with van der Waals surface area (Å²) < 4.78 is 11.0. The zero-order valence-corrected chi connectivity index (χ0v) is 14.1. The third kappa shape index (κ3) is 3.05. The Kier molecular flexibility index (Phi) is 4.06. The minimum absolute atomic E-state index is 0.267. The molecule has 2 aromatic carbocycles. The summed E-state index contributed by atoms with van der Waals surface area (Å²) >= 11 is 0. The molecule has 0 saturated carbocycles. The first-order valence-electron chi connectivity index (χ1n) is 8.47. The van der Waals surface area contributed by atoms with Crippen molar-refractivity contribution in [3.8, 4) is 5.75 Å². The second-order valence-electron chi connectivity index (χ2n) is 6.18. The third-order valence-corrected chi connectivity index (χ3v) is 4.55. The molecule has 1 amide bonds. The Bertz CT molecular complexity index is 893.